The summed E-state index contributed by atoms with van der Waals surface area (Å²) in [6.07, 6.45) is -0.776. The Morgan fingerprint density at radius 2 is 1.40 bits per heavy atom. The first-order valence-electron chi connectivity index (χ1n) is 10.0. The zero-order valence-corrected chi connectivity index (χ0v) is 18.7. The molecule has 1 N–H and O–H groups in total. The number of benzene rings is 3. The highest BCUT2D eigenvalue weighted by molar-refractivity contribution is 6.95. The number of aliphatic hydroxyl groups excluding tert-OH is 1. The molecule has 30 heavy (non-hydrogen) atoms. The number of rotatable bonds is 7. The normalized spacial score (nSPS) is 13.3. The van der Waals surface area contributed by atoms with E-state index in [9.17, 15) is 9.90 Å². The molecule has 3 nitrogen and oxygen atoms in total. The SMILES string of the molecule is C=C([C@@H](c1ccccc1)[C@H](O)c1ccc(C(=O)OC)cc1)[Si](C)(C)c1ccccc1. The third kappa shape index (κ3) is 4.45. The van der Waals surface area contributed by atoms with Gasteiger partial charge in [-0.1, -0.05) is 96.3 Å². The fraction of sp³-hybridized carbons (Fsp3) is 0.192. The van der Waals surface area contributed by atoms with Crippen molar-refractivity contribution in [2.75, 3.05) is 7.11 Å². The maximum absolute atomic E-state index is 11.8. The van der Waals surface area contributed by atoms with Crippen molar-refractivity contribution in [1.82, 2.24) is 0 Å². The molecule has 0 aromatic heterocycles. The van der Waals surface area contributed by atoms with Gasteiger partial charge in [0.25, 0.3) is 0 Å². The van der Waals surface area contributed by atoms with Crippen molar-refractivity contribution in [1.29, 1.82) is 0 Å². The molecule has 0 aliphatic heterocycles. The van der Waals surface area contributed by atoms with Gasteiger partial charge in [-0.05, 0) is 23.3 Å². The molecule has 0 bridgehead atoms. The van der Waals surface area contributed by atoms with Crippen LogP contribution in [0.5, 0.6) is 0 Å². The van der Waals surface area contributed by atoms with E-state index < -0.39 is 20.1 Å². The van der Waals surface area contributed by atoms with E-state index in [4.69, 9.17) is 4.74 Å². The Labute approximate surface area is 179 Å². The predicted octanol–water partition coefficient (Wildman–Crippen LogP) is 5.00. The maximum atomic E-state index is 11.8. The lowest BCUT2D eigenvalue weighted by Crippen LogP contribution is -2.46. The summed E-state index contributed by atoms with van der Waals surface area (Å²) in [4.78, 5) is 11.8. The standard InChI is InChI=1S/C26H28O3Si/c1-19(30(3,4)23-13-9-6-10-14-23)24(20-11-7-5-8-12-20)25(27)21-15-17-22(18-16-21)26(28)29-2/h5-18,24-25,27H,1H2,2-4H3/t24-,25+/m0/s1. The summed E-state index contributed by atoms with van der Waals surface area (Å²) in [5, 5.41) is 13.8. The number of esters is 1. The second kappa shape index (κ2) is 9.24. The monoisotopic (exact) mass is 416 g/mol. The van der Waals surface area contributed by atoms with E-state index in [1.54, 1.807) is 24.3 Å². The van der Waals surface area contributed by atoms with Gasteiger partial charge in [-0.15, -0.1) is 6.58 Å². The van der Waals surface area contributed by atoms with Gasteiger partial charge in [0.15, 0.2) is 0 Å². The van der Waals surface area contributed by atoms with Crippen molar-refractivity contribution >= 4 is 19.2 Å². The van der Waals surface area contributed by atoms with Crippen LogP contribution in [0.25, 0.3) is 0 Å². The first-order valence-corrected chi connectivity index (χ1v) is 13.0. The van der Waals surface area contributed by atoms with Crippen LogP contribution in [-0.2, 0) is 4.74 Å². The minimum absolute atomic E-state index is 0.253. The van der Waals surface area contributed by atoms with Crippen LogP contribution in [0.2, 0.25) is 13.1 Å². The van der Waals surface area contributed by atoms with Crippen LogP contribution < -0.4 is 5.19 Å². The smallest absolute Gasteiger partial charge is 0.337 e. The Kier molecular flexibility index (Phi) is 6.70. The summed E-state index contributed by atoms with van der Waals surface area (Å²) in [7, 11) is -0.730. The fourth-order valence-corrected chi connectivity index (χ4v) is 6.29. The lowest BCUT2D eigenvalue weighted by Gasteiger charge is -2.35. The lowest BCUT2D eigenvalue weighted by atomic mass is 9.88. The summed E-state index contributed by atoms with van der Waals surface area (Å²) in [5.41, 5.74) is 2.24. The first-order chi connectivity index (χ1) is 14.4. The second-order valence-corrected chi connectivity index (χ2v) is 12.4. The van der Waals surface area contributed by atoms with Gasteiger partial charge in [0, 0.05) is 5.92 Å². The molecule has 3 aromatic rings. The number of methoxy groups -OCH3 is 1. The van der Waals surface area contributed by atoms with Gasteiger partial charge in [0.1, 0.15) is 8.07 Å². The Hall–Kier alpha value is -2.95. The van der Waals surface area contributed by atoms with Crippen LogP contribution in [-0.4, -0.2) is 26.3 Å². The minimum Gasteiger partial charge on any atom is -0.465 e. The summed E-state index contributed by atoms with van der Waals surface area (Å²) in [5.74, 6) is -0.644. The maximum Gasteiger partial charge on any atom is 0.337 e. The van der Waals surface area contributed by atoms with E-state index in [1.165, 1.54) is 12.3 Å². The molecule has 0 spiro atoms. The van der Waals surface area contributed by atoms with E-state index >= 15 is 0 Å². The van der Waals surface area contributed by atoms with Gasteiger partial charge >= 0.3 is 5.97 Å². The largest absolute Gasteiger partial charge is 0.465 e. The number of carbonyl (C=O) groups is 1. The molecule has 0 amide bonds. The number of hydrogen-bond donors (Lipinski definition) is 1. The molecule has 0 unspecified atom stereocenters. The first kappa shape index (κ1) is 21.7. The van der Waals surface area contributed by atoms with Gasteiger partial charge in [-0.3, -0.25) is 0 Å². The van der Waals surface area contributed by atoms with Gasteiger partial charge in [0.05, 0.1) is 18.8 Å². The molecule has 0 radical (unpaired) electrons. The third-order valence-electron chi connectivity index (χ3n) is 5.82. The van der Waals surface area contributed by atoms with Crippen LogP contribution in [0.1, 0.15) is 33.5 Å². The van der Waals surface area contributed by atoms with E-state index in [2.05, 4.69) is 43.9 Å². The highest BCUT2D eigenvalue weighted by Crippen LogP contribution is 2.40. The van der Waals surface area contributed by atoms with Crippen molar-refractivity contribution in [2.45, 2.75) is 25.1 Å². The van der Waals surface area contributed by atoms with E-state index in [-0.39, 0.29) is 5.92 Å². The molecular weight excluding hydrogens is 388 g/mol. The van der Waals surface area contributed by atoms with Gasteiger partial charge in [0.2, 0.25) is 0 Å². The zero-order chi connectivity index (χ0) is 21.7. The zero-order valence-electron chi connectivity index (χ0n) is 17.7. The molecular formula is C26H28O3Si. The number of hydrogen-bond acceptors (Lipinski definition) is 3. The van der Waals surface area contributed by atoms with Crippen molar-refractivity contribution in [3.05, 3.63) is 113 Å². The average Bonchev–Trinajstić information content (AvgIpc) is 2.80. The van der Waals surface area contributed by atoms with Crippen molar-refractivity contribution in [3.8, 4) is 0 Å². The van der Waals surface area contributed by atoms with Crippen LogP contribution in [0, 0.1) is 0 Å². The van der Waals surface area contributed by atoms with Crippen LogP contribution in [0.15, 0.2) is 96.7 Å². The van der Waals surface area contributed by atoms with E-state index in [1.807, 2.05) is 36.4 Å². The lowest BCUT2D eigenvalue weighted by molar-refractivity contribution is 0.0600. The Bertz CT molecular complexity index is 995. The Morgan fingerprint density at radius 3 is 1.93 bits per heavy atom. The molecule has 3 rings (SSSR count). The molecule has 3 aromatic carbocycles. The molecule has 2 atom stereocenters. The Morgan fingerprint density at radius 1 is 0.867 bits per heavy atom. The van der Waals surface area contributed by atoms with Gasteiger partial charge in [-0.25, -0.2) is 4.79 Å². The van der Waals surface area contributed by atoms with Crippen LogP contribution >= 0.6 is 0 Å². The van der Waals surface area contributed by atoms with Crippen molar-refractivity contribution in [3.63, 3.8) is 0 Å². The highest BCUT2D eigenvalue weighted by Gasteiger charge is 2.36. The summed E-state index contributed by atoms with van der Waals surface area (Å²) in [6, 6.07) is 27.4. The fourth-order valence-electron chi connectivity index (χ4n) is 3.79. The summed E-state index contributed by atoms with van der Waals surface area (Å²) >= 11 is 0. The molecule has 154 valence electrons. The number of aliphatic hydroxyl groups is 1. The van der Waals surface area contributed by atoms with Crippen molar-refractivity contribution < 1.29 is 14.6 Å². The number of ether oxygens (including phenoxy) is 1. The molecule has 0 saturated heterocycles. The summed E-state index contributed by atoms with van der Waals surface area (Å²) in [6.45, 7) is 9.06. The van der Waals surface area contributed by atoms with Crippen LogP contribution in [0.4, 0.5) is 0 Å². The minimum atomic E-state index is -2.09. The second-order valence-electron chi connectivity index (χ2n) is 7.96. The molecule has 0 aliphatic rings. The van der Waals surface area contributed by atoms with E-state index in [0.717, 1.165) is 16.3 Å². The molecule has 0 heterocycles. The molecule has 0 aliphatic carbocycles. The average molecular weight is 417 g/mol. The Balaban J connectivity index is 2.01. The quantitative estimate of drug-likeness (QED) is 0.435. The molecule has 4 heteroatoms. The van der Waals surface area contributed by atoms with Crippen molar-refractivity contribution in [2.24, 2.45) is 0 Å². The van der Waals surface area contributed by atoms with Crippen LogP contribution in [0.3, 0.4) is 0 Å². The number of carbonyl (C=O) groups excluding carboxylic acids is 1. The third-order valence-corrected chi connectivity index (χ3v) is 9.51. The summed E-state index contributed by atoms with van der Waals surface area (Å²) < 4.78 is 4.78. The predicted molar refractivity (Wildman–Crippen MR) is 125 cm³/mol. The molecule has 0 fully saturated rings. The van der Waals surface area contributed by atoms with Gasteiger partial charge < -0.3 is 9.84 Å². The van der Waals surface area contributed by atoms with E-state index in [0.29, 0.717) is 5.56 Å². The highest BCUT2D eigenvalue weighted by atomic mass is 28.3. The topological polar surface area (TPSA) is 46.5 Å². The molecule has 0 saturated carbocycles. The van der Waals surface area contributed by atoms with Gasteiger partial charge in [-0.2, -0.15) is 0 Å².